The van der Waals surface area contributed by atoms with Crippen molar-refractivity contribution >= 4 is 33.4 Å². The van der Waals surface area contributed by atoms with Gasteiger partial charge in [0.15, 0.2) is 0 Å². The quantitative estimate of drug-likeness (QED) is 0.768. The molecule has 1 fully saturated rings. The first-order chi connectivity index (χ1) is 10.2. The SMILES string of the molecule is O=C(CNCCC(=O)N1CCCC1)Nc1ccccc1Br. The van der Waals surface area contributed by atoms with Crippen LogP contribution in [0.25, 0.3) is 0 Å². The van der Waals surface area contributed by atoms with E-state index in [-0.39, 0.29) is 18.4 Å². The Balaban J connectivity index is 1.63. The number of carbonyl (C=O) groups is 2. The molecule has 0 atom stereocenters. The number of benzene rings is 1. The van der Waals surface area contributed by atoms with E-state index in [9.17, 15) is 9.59 Å². The lowest BCUT2D eigenvalue weighted by Crippen LogP contribution is -2.33. The molecule has 1 aromatic carbocycles. The molecule has 5 nitrogen and oxygen atoms in total. The van der Waals surface area contributed by atoms with Crippen LogP contribution in [0.2, 0.25) is 0 Å². The van der Waals surface area contributed by atoms with Crippen LogP contribution in [0.3, 0.4) is 0 Å². The Bertz CT molecular complexity index is 501. The van der Waals surface area contributed by atoms with Gasteiger partial charge in [0, 0.05) is 30.5 Å². The summed E-state index contributed by atoms with van der Waals surface area (Å²) >= 11 is 3.38. The zero-order chi connectivity index (χ0) is 15.1. The Kier molecular flexibility index (Phi) is 6.20. The molecule has 2 N–H and O–H groups in total. The Morgan fingerprint density at radius 1 is 1.19 bits per heavy atom. The first-order valence-corrected chi connectivity index (χ1v) is 7.99. The second-order valence-corrected chi connectivity index (χ2v) is 5.90. The Morgan fingerprint density at radius 3 is 2.62 bits per heavy atom. The summed E-state index contributed by atoms with van der Waals surface area (Å²) in [6.45, 7) is 2.48. The van der Waals surface area contributed by atoms with E-state index in [1.54, 1.807) is 0 Å². The van der Waals surface area contributed by atoms with Crippen LogP contribution in [0.4, 0.5) is 5.69 Å². The van der Waals surface area contributed by atoms with Crippen LogP contribution >= 0.6 is 15.9 Å². The van der Waals surface area contributed by atoms with Crippen molar-refractivity contribution in [2.45, 2.75) is 19.3 Å². The van der Waals surface area contributed by atoms with Crippen molar-refractivity contribution in [1.29, 1.82) is 0 Å². The van der Waals surface area contributed by atoms with Crippen molar-refractivity contribution in [1.82, 2.24) is 10.2 Å². The van der Waals surface area contributed by atoms with Gasteiger partial charge in [0.2, 0.25) is 11.8 Å². The van der Waals surface area contributed by atoms with Crippen LogP contribution in [0.15, 0.2) is 28.7 Å². The maximum atomic E-state index is 11.8. The predicted octanol–water partition coefficient (Wildman–Crippen LogP) is 1.99. The molecule has 0 aromatic heterocycles. The standard InChI is InChI=1S/C15H20BrN3O2/c16-12-5-1-2-6-13(12)18-14(20)11-17-8-7-15(21)19-9-3-4-10-19/h1-2,5-6,17H,3-4,7-11H2,(H,18,20). The van der Waals surface area contributed by atoms with Crippen LogP contribution in [0.1, 0.15) is 19.3 Å². The van der Waals surface area contributed by atoms with Gasteiger partial charge in [-0.1, -0.05) is 12.1 Å². The maximum absolute atomic E-state index is 11.8. The third-order valence-electron chi connectivity index (χ3n) is 3.41. The lowest BCUT2D eigenvalue weighted by Gasteiger charge is -2.15. The minimum atomic E-state index is -0.115. The molecule has 0 unspecified atom stereocenters. The Labute approximate surface area is 133 Å². The van der Waals surface area contributed by atoms with E-state index in [4.69, 9.17) is 0 Å². The molecule has 1 aliphatic heterocycles. The molecule has 2 rings (SSSR count). The highest BCUT2D eigenvalue weighted by atomic mass is 79.9. The highest BCUT2D eigenvalue weighted by molar-refractivity contribution is 9.10. The fourth-order valence-electron chi connectivity index (χ4n) is 2.28. The summed E-state index contributed by atoms with van der Waals surface area (Å²) in [4.78, 5) is 25.5. The van der Waals surface area contributed by atoms with Gasteiger partial charge in [0.1, 0.15) is 0 Å². The van der Waals surface area contributed by atoms with Gasteiger partial charge in [-0.15, -0.1) is 0 Å². The molecule has 1 heterocycles. The number of halogens is 1. The van der Waals surface area contributed by atoms with Crippen molar-refractivity contribution < 1.29 is 9.59 Å². The van der Waals surface area contributed by atoms with Gasteiger partial charge in [-0.3, -0.25) is 9.59 Å². The van der Waals surface area contributed by atoms with Gasteiger partial charge >= 0.3 is 0 Å². The average Bonchev–Trinajstić information content (AvgIpc) is 3.00. The minimum absolute atomic E-state index is 0.115. The molecule has 0 bridgehead atoms. The van der Waals surface area contributed by atoms with E-state index in [1.807, 2.05) is 29.2 Å². The topological polar surface area (TPSA) is 61.4 Å². The Hall–Kier alpha value is -1.40. The summed E-state index contributed by atoms with van der Waals surface area (Å²) in [5.74, 6) is 0.0572. The molecule has 2 amide bonds. The number of rotatable bonds is 6. The van der Waals surface area contributed by atoms with E-state index in [0.717, 1.165) is 36.1 Å². The molecule has 0 aliphatic carbocycles. The zero-order valence-electron chi connectivity index (χ0n) is 11.9. The van der Waals surface area contributed by atoms with Crippen LogP contribution in [-0.2, 0) is 9.59 Å². The van der Waals surface area contributed by atoms with E-state index in [0.29, 0.717) is 13.0 Å². The number of para-hydroxylation sites is 1. The summed E-state index contributed by atoms with van der Waals surface area (Å²) in [5.41, 5.74) is 0.748. The number of nitrogens with zero attached hydrogens (tertiary/aromatic N) is 1. The molecule has 0 saturated carbocycles. The summed E-state index contributed by atoms with van der Waals surface area (Å²) in [7, 11) is 0. The number of hydrogen-bond acceptors (Lipinski definition) is 3. The van der Waals surface area contributed by atoms with Gasteiger partial charge in [-0.05, 0) is 40.9 Å². The minimum Gasteiger partial charge on any atom is -0.343 e. The first kappa shape index (κ1) is 16.0. The third kappa shape index (κ3) is 5.13. The van der Waals surface area contributed by atoms with Gasteiger partial charge in [-0.2, -0.15) is 0 Å². The number of nitrogens with one attached hydrogen (secondary N) is 2. The second-order valence-electron chi connectivity index (χ2n) is 5.04. The van der Waals surface area contributed by atoms with Gasteiger partial charge < -0.3 is 15.5 Å². The predicted molar refractivity (Wildman–Crippen MR) is 86.1 cm³/mol. The lowest BCUT2D eigenvalue weighted by atomic mass is 10.3. The van der Waals surface area contributed by atoms with Gasteiger partial charge in [0.05, 0.1) is 12.2 Å². The fourth-order valence-corrected chi connectivity index (χ4v) is 2.66. The van der Waals surface area contributed by atoms with Crippen molar-refractivity contribution in [2.24, 2.45) is 0 Å². The summed E-state index contributed by atoms with van der Waals surface area (Å²) in [6.07, 6.45) is 2.66. The number of anilines is 1. The molecule has 21 heavy (non-hydrogen) atoms. The molecule has 1 saturated heterocycles. The molecular formula is C15H20BrN3O2. The van der Waals surface area contributed by atoms with Crippen molar-refractivity contribution in [2.75, 3.05) is 31.5 Å². The average molecular weight is 354 g/mol. The van der Waals surface area contributed by atoms with Crippen LogP contribution in [0, 0.1) is 0 Å². The smallest absolute Gasteiger partial charge is 0.238 e. The van der Waals surface area contributed by atoms with E-state index < -0.39 is 0 Å². The number of likely N-dealkylation sites (tertiary alicyclic amines) is 1. The molecule has 1 aromatic rings. The summed E-state index contributed by atoms with van der Waals surface area (Å²) < 4.78 is 0.850. The summed E-state index contributed by atoms with van der Waals surface area (Å²) in [6, 6.07) is 7.46. The van der Waals surface area contributed by atoms with Gasteiger partial charge in [0.25, 0.3) is 0 Å². The maximum Gasteiger partial charge on any atom is 0.238 e. The second kappa shape index (κ2) is 8.14. The lowest BCUT2D eigenvalue weighted by molar-refractivity contribution is -0.130. The van der Waals surface area contributed by atoms with Crippen LogP contribution in [-0.4, -0.2) is 42.9 Å². The molecule has 114 valence electrons. The molecular weight excluding hydrogens is 334 g/mol. The molecule has 0 radical (unpaired) electrons. The van der Waals surface area contributed by atoms with Crippen LogP contribution in [0.5, 0.6) is 0 Å². The van der Waals surface area contributed by atoms with Crippen molar-refractivity contribution in [3.8, 4) is 0 Å². The first-order valence-electron chi connectivity index (χ1n) is 7.19. The molecule has 0 spiro atoms. The normalized spacial score (nSPS) is 14.2. The van der Waals surface area contributed by atoms with E-state index >= 15 is 0 Å². The number of carbonyl (C=O) groups excluding carboxylic acids is 2. The van der Waals surface area contributed by atoms with E-state index in [1.165, 1.54) is 0 Å². The molecule has 1 aliphatic rings. The monoisotopic (exact) mass is 353 g/mol. The highest BCUT2D eigenvalue weighted by Crippen LogP contribution is 2.20. The highest BCUT2D eigenvalue weighted by Gasteiger charge is 2.17. The molecule has 6 heteroatoms. The number of hydrogen-bond donors (Lipinski definition) is 2. The largest absolute Gasteiger partial charge is 0.343 e. The van der Waals surface area contributed by atoms with E-state index in [2.05, 4.69) is 26.6 Å². The zero-order valence-corrected chi connectivity index (χ0v) is 13.5. The van der Waals surface area contributed by atoms with Crippen LogP contribution < -0.4 is 10.6 Å². The Morgan fingerprint density at radius 2 is 1.90 bits per heavy atom. The fraction of sp³-hybridized carbons (Fsp3) is 0.467. The summed E-state index contributed by atoms with van der Waals surface area (Å²) in [5, 5.41) is 5.81. The van der Waals surface area contributed by atoms with Crippen molar-refractivity contribution in [3.05, 3.63) is 28.7 Å². The third-order valence-corrected chi connectivity index (χ3v) is 4.10. The van der Waals surface area contributed by atoms with Gasteiger partial charge in [-0.25, -0.2) is 0 Å². The number of amides is 2. The van der Waals surface area contributed by atoms with Crippen molar-refractivity contribution in [3.63, 3.8) is 0 Å².